The van der Waals surface area contributed by atoms with E-state index in [1.807, 2.05) is 28.0 Å². The molecule has 2 aliphatic heterocycles. The Morgan fingerprint density at radius 1 is 0.881 bits per heavy atom. The second kappa shape index (κ2) is 13.9. The second-order valence-corrected chi connectivity index (χ2v) is 11.0. The van der Waals surface area contributed by atoms with E-state index in [-0.39, 0.29) is 18.4 Å². The number of carbonyl (C=O) groups excluding carboxylic acids is 2. The van der Waals surface area contributed by atoms with Crippen LogP contribution >= 0.6 is 0 Å². The molecule has 1 N–H and O–H groups in total. The van der Waals surface area contributed by atoms with Crippen LogP contribution in [0.2, 0.25) is 0 Å². The molecule has 2 heterocycles. The van der Waals surface area contributed by atoms with Crippen LogP contribution in [-0.2, 0) is 19.9 Å². The molecule has 7 heteroatoms. The minimum absolute atomic E-state index is 0.0383. The Hall–Kier alpha value is -3.78. The molecule has 2 saturated heterocycles. The van der Waals surface area contributed by atoms with Crippen molar-refractivity contribution < 1.29 is 19.4 Å². The van der Waals surface area contributed by atoms with Gasteiger partial charge in [0, 0.05) is 39.3 Å². The molecule has 0 radical (unpaired) electrons. The highest BCUT2D eigenvalue weighted by atomic mass is 16.5. The standard InChI is InChI=1S/C35H41N3O4/c1-2-42-34(41)20-21-36-24-25-37(33(40)27-36)22-18-28-26-38(23-19-32(28)39)35(29-12-6-3-7-13-29,30-14-8-4-9-15-30)31-16-10-5-11-17-31/h3-18,32,39H,2,19-27H2,1H3/b28-18+. The number of piperazine rings is 1. The molecule has 0 saturated carbocycles. The van der Waals surface area contributed by atoms with Crippen LogP contribution in [0.25, 0.3) is 0 Å². The van der Waals surface area contributed by atoms with Gasteiger partial charge in [-0.25, -0.2) is 0 Å². The lowest BCUT2D eigenvalue weighted by molar-refractivity contribution is -0.144. The summed E-state index contributed by atoms with van der Waals surface area (Å²) in [5.41, 5.74) is 3.90. The number of rotatable bonds is 10. The van der Waals surface area contributed by atoms with E-state index in [0.29, 0.717) is 52.2 Å². The highest BCUT2D eigenvalue weighted by Gasteiger charge is 2.44. The quantitative estimate of drug-likeness (QED) is 0.226. The Morgan fingerprint density at radius 2 is 1.45 bits per heavy atom. The van der Waals surface area contributed by atoms with Gasteiger partial charge in [-0.3, -0.25) is 19.4 Å². The van der Waals surface area contributed by atoms with Crippen molar-refractivity contribution in [1.29, 1.82) is 0 Å². The lowest BCUT2D eigenvalue weighted by Gasteiger charge is -2.48. The molecular formula is C35H41N3O4. The van der Waals surface area contributed by atoms with Crippen LogP contribution in [0.15, 0.2) is 103 Å². The Morgan fingerprint density at radius 3 is 1.98 bits per heavy atom. The van der Waals surface area contributed by atoms with Crippen LogP contribution in [0.3, 0.4) is 0 Å². The summed E-state index contributed by atoms with van der Waals surface area (Å²) < 4.78 is 5.02. The summed E-state index contributed by atoms with van der Waals surface area (Å²) >= 11 is 0. The molecule has 0 bridgehead atoms. The summed E-state index contributed by atoms with van der Waals surface area (Å²) in [5, 5.41) is 11.1. The van der Waals surface area contributed by atoms with E-state index in [1.54, 1.807) is 6.92 Å². The third-order valence-electron chi connectivity index (χ3n) is 8.43. The summed E-state index contributed by atoms with van der Waals surface area (Å²) in [6.07, 6.45) is 2.39. The predicted molar refractivity (Wildman–Crippen MR) is 164 cm³/mol. The molecular weight excluding hydrogens is 526 g/mol. The number of hydrogen-bond donors (Lipinski definition) is 1. The number of likely N-dealkylation sites (tertiary alicyclic amines) is 1. The summed E-state index contributed by atoms with van der Waals surface area (Å²) in [6, 6.07) is 31.8. The van der Waals surface area contributed by atoms with E-state index in [0.717, 1.165) is 12.1 Å². The second-order valence-electron chi connectivity index (χ2n) is 11.0. The maximum absolute atomic E-state index is 13.0. The SMILES string of the molecule is CCOC(=O)CCN1CCN(C/C=C2\CN(C(c3ccccc3)(c3ccccc3)c3ccccc3)CCC2O)C(=O)C1. The van der Waals surface area contributed by atoms with Gasteiger partial charge in [0.15, 0.2) is 0 Å². The zero-order chi connectivity index (χ0) is 29.4. The molecule has 3 aromatic rings. The van der Waals surface area contributed by atoms with Crippen LogP contribution in [0.1, 0.15) is 36.5 Å². The number of aliphatic hydroxyl groups is 1. The van der Waals surface area contributed by atoms with Gasteiger partial charge in [0.2, 0.25) is 5.91 Å². The Balaban J connectivity index is 1.38. The number of benzene rings is 3. The highest BCUT2D eigenvalue weighted by Crippen LogP contribution is 2.44. The molecule has 42 heavy (non-hydrogen) atoms. The van der Waals surface area contributed by atoms with Crippen molar-refractivity contribution in [2.75, 3.05) is 52.4 Å². The molecule has 0 aliphatic carbocycles. The summed E-state index contributed by atoms with van der Waals surface area (Å²) in [7, 11) is 0. The van der Waals surface area contributed by atoms with Gasteiger partial charge in [0.25, 0.3) is 0 Å². The van der Waals surface area contributed by atoms with Gasteiger partial charge in [-0.1, -0.05) is 97.1 Å². The minimum Gasteiger partial charge on any atom is -0.466 e. The molecule has 3 aromatic carbocycles. The molecule has 5 rings (SSSR count). The maximum Gasteiger partial charge on any atom is 0.307 e. The fourth-order valence-electron chi connectivity index (χ4n) is 6.29. The van der Waals surface area contributed by atoms with Crippen LogP contribution in [0.4, 0.5) is 0 Å². The molecule has 2 fully saturated rings. The maximum atomic E-state index is 13.0. The number of carbonyl (C=O) groups is 2. The third-order valence-corrected chi connectivity index (χ3v) is 8.43. The Kier molecular flexibility index (Phi) is 9.85. The topological polar surface area (TPSA) is 73.3 Å². The molecule has 1 amide bonds. The zero-order valence-electron chi connectivity index (χ0n) is 24.4. The average Bonchev–Trinajstić information content (AvgIpc) is 3.03. The number of ether oxygens (including phenoxy) is 1. The molecule has 2 aliphatic rings. The van der Waals surface area contributed by atoms with Gasteiger partial charge in [-0.05, 0) is 35.6 Å². The van der Waals surface area contributed by atoms with Crippen LogP contribution in [0, 0.1) is 0 Å². The lowest BCUT2D eigenvalue weighted by Crippen LogP contribution is -2.53. The molecule has 1 unspecified atom stereocenters. The van der Waals surface area contributed by atoms with Gasteiger partial charge in [-0.2, -0.15) is 0 Å². The fraction of sp³-hybridized carbons (Fsp3) is 0.371. The first-order chi connectivity index (χ1) is 20.5. The smallest absolute Gasteiger partial charge is 0.307 e. The van der Waals surface area contributed by atoms with E-state index in [2.05, 4.69) is 83.8 Å². The summed E-state index contributed by atoms with van der Waals surface area (Å²) in [4.78, 5) is 31.0. The van der Waals surface area contributed by atoms with Gasteiger partial charge in [-0.15, -0.1) is 0 Å². The van der Waals surface area contributed by atoms with Gasteiger partial charge in [0.1, 0.15) is 0 Å². The van der Waals surface area contributed by atoms with Crippen molar-refractivity contribution in [2.45, 2.75) is 31.4 Å². The van der Waals surface area contributed by atoms with E-state index < -0.39 is 11.6 Å². The van der Waals surface area contributed by atoms with E-state index in [1.165, 1.54) is 16.7 Å². The Labute approximate surface area is 249 Å². The molecule has 0 spiro atoms. The number of aliphatic hydroxyl groups excluding tert-OH is 1. The largest absolute Gasteiger partial charge is 0.466 e. The lowest BCUT2D eigenvalue weighted by atomic mass is 9.74. The third kappa shape index (κ3) is 6.49. The van der Waals surface area contributed by atoms with Gasteiger partial charge >= 0.3 is 5.97 Å². The number of piperidine rings is 1. The predicted octanol–water partition coefficient (Wildman–Crippen LogP) is 4.07. The van der Waals surface area contributed by atoms with Crippen LogP contribution in [0.5, 0.6) is 0 Å². The van der Waals surface area contributed by atoms with Gasteiger partial charge < -0.3 is 14.7 Å². The summed E-state index contributed by atoms with van der Waals surface area (Å²) in [5.74, 6) is -0.193. The first-order valence-corrected chi connectivity index (χ1v) is 15.0. The Bertz CT molecular complexity index is 1250. The molecule has 0 aromatic heterocycles. The van der Waals surface area contributed by atoms with E-state index in [9.17, 15) is 14.7 Å². The van der Waals surface area contributed by atoms with Crippen molar-refractivity contribution in [3.63, 3.8) is 0 Å². The average molecular weight is 568 g/mol. The summed E-state index contributed by atoms with van der Waals surface area (Å²) in [6.45, 7) is 6.02. The first kappa shape index (κ1) is 29.7. The number of nitrogens with zero attached hydrogens (tertiary/aromatic N) is 3. The van der Waals surface area contributed by atoms with Crippen LogP contribution < -0.4 is 0 Å². The zero-order valence-corrected chi connectivity index (χ0v) is 24.4. The fourth-order valence-corrected chi connectivity index (χ4v) is 6.29. The first-order valence-electron chi connectivity index (χ1n) is 15.0. The van der Waals surface area contributed by atoms with Gasteiger partial charge in [0.05, 0.1) is 31.2 Å². The van der Waals surface area contributed by atoms with E-state index in [4.69, 9.17) is 4.74 Å². The van der Waals surface area contributed by atoms with Crippen molar-refractivity contribution in [1.82, 2.24) is 14.7 Å². The van der Waals surface area contributed by atoms with Crippen molar-refractivity contribution in [3.8, 4) is 0 Å². The molecule has 220 valence electrons. The minimum atomic E-state index is -0.553. The normalized spacial score (nSPS) is 19.7. The highest BCUT2D eigenvalue weighted by molar-refractivity contribution is 5.79. The van der Waals surface area contributed by atoms with Crippen molar-refractivity contribution >= 4 is 11.9 Å². The molecule has 1 atom stereocenters. The van der Waals surface area contributed by atoms with Crippen molar-refractivity contribution in [2.24, 2.45) is 0 Å². The number of hydrogen-bond acceptors (Lipinski definition) is 6. The number of amides is 1. The number of esters is 1. The van der Waals surface area contributed by atoms with E-state index >= 15 is 0 Å². The molecule has 7 nitrogen and oxygen atoms in total. The van der Waals surface area contributed by atoms with Crippen molar-refractivity contribution in [3.05, 3.63) is 119 Å². The van der Waals surface area contributed by atoms with Crippen LogP contribution in [-0.4, -0.2) is 90.2 Å². The monoisotopic (exact) mass is 567 g/mol.